The van der Waals surface area contributed by atoms with Gasteiger partial charge in [-0.3, -0.25) is 5.41 Å². The van der Waals surface area contributed by atoms with Gasteiger partial charge in [-0.2, -0.15) is 0 Å². The molecule has 0 amide bonds. The monoisotopic (exact) mass is 372 g/mol. The minimum absolute atomic E-state index is 0.671. The Kier molecular flexibility index (Phi) is 10.2. The van der Waals surface area contributed by atoms with E-state index in [2.05, 4.69) is 54.6 Å². The topological polar surface area (TPSA) is 51.1 Å². The summed E-state index contributed by atoms with van der Waals surface area (Å²) in [6, 6.07) is 4.44. The first-order valence-electron chi connectivity index (χ1n) is 10.4. The fraction of sp³-hybridized carbons (Fsp3) is 0.609. The summed E-state index contributed by atoms with van der Waals surface area (Å²) in [5, 5.41) is 14.8. The van der Waals surface area contributed by atoms with Gasteiger partial charge in [0.25, 0.3) is 0 Å². The molecule has 1 saturated carbocycles. The van der Waals surface area contributed by atoms with E-state index in [9.17, 15) is 0 Å². The molecule has 0 bridgehead atoms. The van der Waals surface area contributed by atoms with E-state index in [1.807, 2.05) is 27.9 Å². The third-order valence-corrected chi connectivity index (χ3v) is 4.69. The SMILES string of the molecule is CC.CNC.Cc1cc(C)c(N2CCC/C(=C\NCC3CC3)C2=N)c(C)c1. The molecule has 152 valence electrons. The average Bonchev–Trinajstić information content (AvgIpc) is 3.44. The highest BCUT2D eigenvalue weighted by Crippen LogP contribution is 2.31. The van der Waals surface area contributed by atoms with Crippen LogP contribution in [0.3, 0.4) is 0 Å². The van der Waals surface area contributed by atoms with Crippen LogP contribution in [-0.2, 0) is 0 Å². The zero-order valence-electron chi connectivity index (χ0n) is 18.5. The number of rotatable bonds is 4. The smallest absolute Gasteiger partial charge is 0.129 e. The molecular weight excluding hydrogens is 332 g/mol. The van der Waals surface area contributed by atoms with Crippen molar-refractivity contribution in [3.8, 4) is 0 Å². The van der Waals surface area contributed by atoms with Gasteiger partial charge in [-0.1, -0.05) is 31.5 Å². The molecule has 0 unspecified atom stereocenters. The van der Waals surface area contributed by atoms with Gasteiger partial charge in [0.2, 0.25) is 0 Å². The highest BCUT2D eigenvalue weighted by molar-refractivity contribution is 6.09. The number of amidine groups is 1. The fourth-order valence-corrected chi connectivity index (χ4v) is 3.46. The molecule has 4 nitrogen and oxygen atoms in total. The molecule has 1 aromatic rings. The number of benzene rings is 1. The predicted octanol–water partition coefficient (Wildman–Crippen LogP) is 4.93. The Labute approximate surface area is 166 Å². The van der Waals surface area contributed by atoms with Crippen LogP contribution in [0.1, 0.15) is 56.2 Å². The molecule has 0 atom stereocenters. The minimum atomic E-state index is 0.671. The number of aryl methyl sites for hydroxylation is 3. The molecule has 4 heteroatoms. The molecule has 2 aliphatic rings. The number of piperidine rings is 1. The Morgan fingerprint density at radius 1 is 1.11 bits per heavy atom. The second-order valence-electron chi connectivity index (χ2n) is 7.37. The van der Waals surface area contributed by atoms with Crippen molar-refractivity contribution in [3.63, 3.8) is 0 Å². The van der Waals surface area contributed by atoms with Crippen LogP contribution in [0.15, 0.2) is 23.9 Å². The van der Waals surface area contributed by atoms with Crippen molar-refractivity contribution in [2.75, 3.05) is 32.1 Å². The Balaban J connectivity index is 0.000000665. The zero-order chi connectivity index (χ0) is 20.4. The molecule has 3 N–H and O–H groups in total. The van der Waals surface area contributed by atoms with Crippen LogP contribution in [0, 0.1) is 32.1 Å². The molecule has 1 aliphatic heterocycles. The van der Waals surface area contributed by atoms with E-state index in [1.165, 1.54) is 35.2 Å². The molecule has 0 aromatic heterocycles. The Hall–Kier alpha value is -1.81. The maximum absolute atomic E-state index is 8.61. The van der Waals surface area contributed by atoms with Crippen molar-refractivity contribution >= 4 is 11.5 Å². The van der Waals surface area contributed by atoms with Crippen LogP contribution in [0.2, 0.25) is 0 Å². The predicted molar refractivity (Wildman–Crippen MR) is 120 cm³/mol. The third kappa shape index (κ3) is 7.02. The molecule has 27 heavy (non-hydrogen) atoms. The van der Waals surface area contributed by atoms with Gasteiger partial charge in [0.1, 0.15) is 5.84 Å². The Morgan fingerprint density at radius 2 is 1.67 bits per heavy atom. The van der Waals surface area contributed by atoms with E-state index < -0.39 is 0 Å². The van der Waals surface area contributed by atoms with Gasteiger partial charge < -0.3 is 15.5 Å². The third-order valence-electron chi connectivity index (χ3n) is 4.69. The summed E-state index contributed by atoms with van der Waals surface area (Å²) < 4.78 is 0. The lowest BCUT2D eigenvalue weighted by atomic mass is 9.99. The van der Waals surface area contributed by atoms with Crippen molar-refractivity contribution in [1.82, 2.24) is 10.6 Å². The largest absolute Gasteiger partial charge is 0.390 e. The first kappa shape index (κ1) is 23.2. The number of nitrogens with zero attached hydrogens (tertiary/aromatic N) is 1. The average molecular weight is 373 g/mol. The quantitative estimate of drug-likeness (QED) is 0.702. The second kappa shape index (κ2) is 11.8. The van der Waals surface area contributed by atoms with Gasteiger partial charge in [-0.15, -0.1) is 0 Å². The van der Waals surface area contributed by atoms with E-state index in [-0.39, 0.29) is 0 Å². The van der Waals surface area contributed by atoms with Crippen molar-refractivity contribution < 1.29 is 0 Å². The molecule has 1 heterocycles. The van der Waals surface area contributed by atoms with E-state index in [1.54, 1.807) is 0 Å². The standard InChI is InChI=1S/C19H27N3.C2H7N.C2H6/c1-13-9-14(2)18(15(3)10-13)22-8-4-5-17(19(22)20)12-21-11-16-6-7-16;1-3-2;1-2/h9-10,12,16,20-21H,4-8,11H2,1-3H3;3H,1-2H3;1-2H3/b17-12+,20-19?;;. The van der Waals surface area contributed by atoms with Gasteiger partial charge in [0, 0.05) is 30.5 Å². The summed E-state index contributed by atoms with van der Waals surface area (Å²) in [5.41, 5.74) is 6.21. The maximum atomic E-state index is 8.61. The van der Waals surface area contributed by atoms with Gasteiger partial charge in [-0.25, -0.2) is 0 Å². The van der Waals surface area contributed by atoms with E-state index in [0.717, 1.165) is 37.4 Å². The van der Waals surface area contributed by atoms with Crippen LogP contribution in [0.5, 0.6) is 0 Å². The van der Waals surface area contributed by atoms with Gasteiger partial charge in [0.05, 0.1) is 0 Å². The molecule has 2 fully saturated rings. The summed E-state index contributed by atoms with van der Waals surface area (Å²) in [5.74, 6) is 1.54. The van der Waals surface area contributed by atoms with Crippen LogP contribution in [0.25, 0.3) is 0 Å². The lowest BCUT2D eigenvalue weighted by Gasteiger charge is -2.33. The van der Waals surface area contributed by atoms with Crippen LogP contribution in [-0.4, -0.2) is 33.0 Å². The summed E-state index contributed by atoms with van der Waals surface area (Å²) >= 11 is 0. The Morgan fingerprint density at radius 3 is 2.19 bits per heavy atom. The van der Waals surface area contributed by atoms with Crippen LogP contribution in [0.4, 0.5) is 5.69 Å². The van der Waals surface area contributed by atoms with E-state index >= 15 is 0 Å². The molecule has 1 aliphatic carbocycles. The molecule has 1 aromatic carbocycles. The summed E-state index contributed by atoms with van der Waals surface area (Å²) in [6.07, 6.45) is 6.94. The highest BCUT2D eigenvalue weighted by Gasteiger charge is 2.24. The van der Waals surface area contributed by atoms with Crippen LogP contribution < -0.4 is 15.5 Å². The number of anilines is 1. The van der Waals surface area contributed by atoms with Crippen molar-refractivity contribution in [1.29, 1.82) is 5.41 Å². The van der Waals surface area contributed by atoms with Crippen molar-refractivity contribution in [2.45, 2.75) is 60.3 Å². The van der Waals surface area contributed by atoms with Gasteiger partial charge in [0.15, 0.2) is 0 Å². The second-order valence-corrected chi connectivity index (χ2v) is 7.37. The van der Waals surface area contributed by atoms with E-state index in [4.69, 9.17) is 5.41 Å². The van der Waals surface area contributed by atoms with Crippen LogP contribution >= 0.6 is 0 Å². The van der Waals surface area contributed by atoms with E-state index in [0.29, 0.717) is 5.84 Å². The van der Waals surface area contributed by atoms with Crippen molar-refractivity contribution in [2.24, 2.45) is 5.92 Å². The zero-order valence-corrected chi connectivity index (χ0v) is 18.5. The summed E-state index contributed by atoms with van der Waals surface area (Å²) in [6.45, 7) is 12.5. The molecule has 0 radical (unpaired) electrons. The van der Waals surface area contributed by atoms with Gasteiger partial charge in [-0.05, 0) is 77.6 Å². The first-order valence-corrected chi connectivity index (χ1v) is 10.4. The first-order chi connectivity index (χ1) is 13.0. The summed E-state index contributed by atoms with van der Waals surface area (Å²) in [4.78, 5) is 2.19. The number of hydrogen-bond acceptors (Lipinski definition) is 3. The molecular formula is C23H40N4. The summed E-state index contributed by atoms with van der Waals surface area (Å²) in [7, 11) is 3.75. The molecule has 1 saturated heterocycles. The Bertz CT molecular complexity index is 606. The highest BCUT2D eigenvalue weighted by atomic mass is 15.2. The van der Waals surface area contributed by atoms with Gasteiger partial charge >= 0.3 is 0 Å². The lowest BCUT2D eigenvalue weighted by Crippen LogP contribution is -2.38. The molecule has 0 spiro atoms. The molecule has 3 rings (SSSR count). The number of nitrogens with one attached hydrogen (secondary N) is 3. The fourth-order valence-electron chi connectivity index (χ4n) is 3.46. The normalized spacial score (nSPS) is 17.7. The lowest BCUT2D eigenvalue weighted by molar-refractivity contribution is 0.728. The minimum Gasteiger partial charge on any atom is -0.390 e. The maximum Gasteiger partial charge on any atom is 0.129 e. The number of hydrogen-bond donors (Lipinski definition) is 3. The van der Waals surface area contributed by atoms with Crippen molar-refractivity contribution in [3.05, 3.63) is 40.6 Å².